The van der Waals surface area contributed by atoms with Crippen LogP contribution in [-0.4, -0.2) is 31.7 Å². The highest BCUT2D eigenvalue weighted by Crippen LogP contribution is 2.34. The van der Waals surface area contributed by atoms with E-state index in [9.17, 15) is 0 Å². The second-order valence-corrected chi connectivity index (χ2v) is 5.90. The molecule has 21 heavy (non-hydrogen) atoms. The molecule has 0 radical (unpaired) electrons. The molecule has 3 rings (SSSR count). The lowest BCUT2D eigenvalue weighted by Crippen LogP contribution is -2.35. The van der Waals surface area contributed by atoms with Crippen molar-refractivity contribution in [2.75, 3.05) is 13.4 Å². The first-order chi connectivity index (χ1) is 10.1. The van der Waals surface area contributed by atoms with Crippen molar-refractivity contribution in [1.82, 2.24) is 0 Å². The van der Waals surface area contributed by atoms with Gasteiger partial charge >= 0.3 is 0 Å². The molecule has 116 valence electrons. The standard InChI is InChI=1S/C16H23NO4/c1-10-5-13(6-11(2)21-10)18-8-14(17)12-3-4-15-16(7-12)20-9-19-15/h3-4,7,10-11,13-14H,5-6,8-9,17H2,1-2H3. The largest absolute Gasteiger partial charge is 0.454 e. The average Bonchev–Trinajstić information content (AvgIpc) is 2.91. The molecule has 2 N–H and O–H groups in total. The summed E-state index contributed by atoms with van der Waals surface area (Å²) in [6.45, 7) is 4.96. The van der Waals surface area contributed by atoms with E-state index >= 15 is 0 Å². The Morgan fingerprint density at radius 3 is 2.67 bits per heavy atom. The van der Waals surface area contributed by atoms with Crippen LogP contribution in [0.4, 0.5) is 0 Å². The predicted molar refractivity (Wildman–Crippen MR) is 78.5 cm³/mol. The first-order valence-electron chi connectivity index (χ1n) is 7.54. The summed E-state index contributed by atoms with van der Waals surface area (Å²) in [6.07, 6.45) is 2.58. The first-order valence-corrected chi connectivity index (χ1v) is 7.54. The second kappa shape index (κ2) is 6.22. The molecule has 1 aromatic rings. The van der Waals surface area contributed by atoms with Crippen LogP contribution in [0.15, 0.2) is 18.2 Å². The SMILES string of the molecule is CC1CC(OCC(N)c2ccc3c(c2)OCO3)CC(C)O1. The number of ether oxygens (including phenoxy) is 4. The van der Waals surface area contributed by atoms with Crippen molar-refractivity contribution < 1.29 is 18.9 Å². The van der Waals surface area contributed by atoms with Gasteiger partial charge in [0, 0.05) is 0 Å². The lowest BCUT2D eigenvalue weighted by molar-refractivity contribution is -0.103. The molecule has 1 fully saturated rings. The minimum atomic E-state index is -0.159. The number of nitrogens with two attached hydrogens (primary N) is 1. The lowest BCUT2D eigenvalue weighted by atomic mass is 10.0. The molecule has 3 atom stereocenters. The topological polar surface area (TPSA) is 62.9 Å². The zero-order valence-corrected chi connectivity index (χ0v) is 12.6. The Hall–Kier alpha value is -1.30. The third-order valence-electron chi connectivity index (χ3n) is 3.99. The van der Waals surface area contributed by atoms with Crippen molar-refractivity contribution in [2.45, 2.75) is 51.0 Å². The van der Waals surface area contributed by atoms with Crippen LogP contribution in [0.3, 0.4) is 0 Å². The van der Waals surface area contributed by atoms with E-state index in [0.29, 0.717) is 6.61 Å². The fraction of sp³-hybridized carbons (Fsp3) is 0.625. The van der Waals surface area contributed by atoms with Crippen molar-refractivity contribution in [3.63, 3.8) is 0 Å². The molecule has 0 aliphatic carbocycles. The van der Waals surface area contributed by atoms with Gasteiger partial charge < -0.3 is 24.7 Å². The Balaban J connectivity index is 1.55. The van der Waals surface area contributed by atoms with Crippen LogP contribution in [0.5, 0.6) is 11.5 Å². The molecular formula is C16H23NO4. The maximum absolute atomic E-state index is 6.22. The van der Waals surface area contributed by atoms with E-state index in [1.165, 1.54) is 0 Å². The number of fused-ring (bicyclic) bond motifs is 1. The minimum Gasteiger partial charge on any atom is -0.454 e. The predicted octanol–water partition coefficient (Wildman–Crippen LogP) is 2.39. The molecule has 2 aliphatic heterocycles. The van der Waals surface area contributed by atoms with Crippen LogP contribution in [0.25, 0.3) is 0 Å². The van der Waals surface area contributed by atoms with Crippen LogP contribution >= 0.6 is 0 Å². The Bertz CT molecular complexity index is 483. The molecule has 1 saturated heterocycles. The summed E-state index contributed by atoms with van der Waals surface area (Å²) in [4.78, 5) is 0. The molecule has 3 unspecified atom stereocenters. The highest BCUT2D eigenvalue weighted by molar-refractivity contribution is 5.45. The van der Waals surface area contributed by atoms with Gasteiger partial charge in [-0.1, -0.05) is 6.07 Å². The van der Waals surface area contributed by atoms with Crippen molar-refractivity contribution >= 4 is 0 Å². The molecule has 0 spiro atoms. The normalized spacial score (nSPS) is 29.4. The van der Waals surface area contributed by atoms with E-state index < -0.39 is 0 Å². The number of rotatable bonds is 4. The van der Waals surface area contributed by atoms with Gasteiger partial charge in [-0.25, -0.2) is 0 Å². The molecule has 5 heteroatoms. The average molecular weight is 293 g/mol. The molecule has 0 bridgehead atoms. The van der Waals surface area contributed by atoms with Gasteiger partial charge in [0.05, 0.1) is 31.0 Å². The summed E-state index contributed by atoms with van der Waals surface area (Å²) in [7, 11) is 0. The Morgan fingerprint density at radius 2 is 1.90 bits per heavy atom. The summed E-state index contributed by atoms with van der Waals surface area (Å²) in [5, 5.41) is 0. The van der Waals surface area contributed by atoms with Crippen LogP contribution in [0, 0.1) is 0 Å². The Labute approximate surface area is 125 Å². The van der Waals surface area contributed by atoms with Gasteiger partial charge in [-0.05, 0) is 44.4 Å². The fourth-order valence-corrected chi connectivity index (χ4v) is 2.96. The summed E-state index contributed by atoms with van der Waals surface area (Å²) < 4.78 is 22.4. The van der Waals surface area contributed by atoms with Crippen molar-refractivity contribution in [3.8, 4) is 11.5 Å². The lowest BCUT2D eigenvalue weighted by Gasteiger charge is -2.32. The number of benzene rings is 1. The fourth-order valence-electron chi connectivity index (χ4n) is 2.96. The van der Waals surface area contributed by atoms with E-state index in [1.807, 2.05) is 18.2 Å². The molecular weight excluding hydrogens is 270 g/mol. The van der Waals surface area contributed by atoms with Gasteiger partial charge in [0.1, 0.15) is 0 Å². The molecule has 2 heterocycles. The maximum atomic E-state index is 6.22. The quantitative estimate of drug-likeness (QED) is 0.923. The van der Waals surface area contributed by atoms with Gasteiger partial charge in [0.25, 0.3) is 0 Å². The smallest absolute Gasteiger partial charge is 0.231 e. The van der Waals surface area contributed by atoms with Crippen molar-refractivity contribution in [3.05, 3.63) is 23.8 Å². The maximum Gasteiger partial charge on any atom is 0.231 e. The summed E-state index contributed by atoms with van der Waals surface area (Å²) in [5.74, 6) is 1.54. The number of hydrogen-bond acceptors (Lipinski definition) is 5. The second-order valence-electron chi connectivity index (χ2n) is 5.90. The molecule has 2 aliphatic rings. The first kappa shape index (κ1) is 14.6. The van der Waals surface area contributed by atoms with Crippen LogP contribution in [-0.2, 0) is 9.47 Å². The van der Waals surface area contributed by atoms with Crippen LogP contribution < -0.4 is 15.2 Å². The molecule has 0 amide bonds. The van der Waals surface area contributed by atoms with E-state index in [0.717, 1.165) is 29.9 Å². The van der Waals surface area contributed by atoms with E-state index in [-0.39, 0.29) is 31.1 Å². The number of hydrogen-bond donors (Lipinski definition) is 1. The third kappa shape index (κ3) is 3.48. The van der Waals surface area contributed by atoms with Gasteiger partial charge in [0.2, 0.25) is 6.79 Å². The molecule has 0 saturated carbocycles. The van der Waals surface area contributed by atoms with Gasteiger partial charge in [-0.3, -0.25) is 0 Å². The van der Waals surface area contributed by atoms with Crippen molar-refractivity contribution in [1.29, 1.82) is 0 Å². The van der Waals surface area contributed by atoms with E-state index in [2.05, 4.69) is 13.8 Å². The van der Waals surface area contributed by atoms with E-state index in [1.54, 1.807) is 0 Å². The third-order valence-corrected chi connectivity index (χ3v) is 3.99. The minimum absolute atomic E-state index is 0.159. The van der Waals surface area contributed by atoms with Crippen molar-refractivity contribution in [2.24, 2.45) is 5.73 Å². The van der Waals surface area contributed by atoms with Gasteiger partial charge in [0.15, 0.2) is 11.5 Å². The molecule has 1 aromatic carbocycles. The Morgan fingerprint density at radius 1 is 1.19 bits per heavy atom. The molecule has 0 aromatic heterocycles. The summed E-state index contributed by atoms with van der Waals surface area (Å²) >= 11 is 0. The van der Waals surface area contributed by atoms with Gasteiger partial charge in [-0.15, -0.1) is 0 Å². The van der Waals surface area contributed by atoms with Gasteiger partial charge in [-0.2, -0.15) is 0 Å². The highest BCUT2D eigenvalue weighted by atomic mass is 16.7. The summed E-state index contributed by atoms with van der Waals surface area (Å²) in [6, 6.07) is 5.64. The summed E-state index contributed by atoms with van der Waals surface area (Å²) in [5.41, 5.74) is 7.23. The Kier molecular flexibility index (Phi) is 4.33. The van der Waals surface area contributed by atoms with Crippen LogP contribution in [0.2, 0.25) is 0 Å². The molecule has 5 nitrogen and oxygen atoms in total. The monoisotopic (exact) mass is 293 g/mol. The highest BCUT2D eigenvalue weighted by Gasteiger charge is 2.25. The zero-order chi connectivity index (χ0) is 14.8. The van der Waals surface area contributed by atoms with Crippen LogP contribution in [0.1, 0.15) is 38.3 Å². The van der Waals surface area contributed by atoms with E-state index in [4.69, 9.17) is 24.7 Å². The zero-order valence-electron chi connectivity index (χ0n) is 12.6.